The van der Waals surface area contributed by atoms with Crippen molar-refractivity contribution in [3.63, 3.8) is 0 Å². The summed E-state index contributed by atoms with van der Waals surface area (Å²) in [5.41, 5.74) is 2.51. The molecule has 266 valence electrons. The number of halogens is 1. The molecule has 0 spiro atoms. The van der Waals surface area contributed by atoms with Crippen LogP contribution in [0.5, 0.6) is 16.7 Å². The highest BCUT2D eigenvalue weighted by atomic mass is 32.1. The average Bonchev–Trinajstić information content (AvgIpc) is 3.44. The minimum atomic E-state index is -1.25. The Morgan fingerprint density at radius 1 is 1.04 bits per heavy atom. The molecule has 0 unspecified atom stereocenters. The first kappa shape index (κ1) is 34.3. The standard InChI is InChI=1S/C38H40FN5O6S/c1-48-28-17-18-30-33(21-28)51-37(41-30)49-29-20-32-34(45)42-38(36(47)43-50-27-14-7-5-8-15-27)22-24(38)11-6-3-2-4-9-16-31(35(46)44(32)23-29)40-26-13-10-12-25(39)19-26/h5-8,10-15,17-19,21,24,29,31-32,40H,2-4,9,16,20,22-23H2,1H3,(H,42,45)(H,43,47)/b11-6-/t24-,29+,31-,32-,38+/m0/s1. The van der Waals surface area contributed by atoms with E-state index in [0.717, 1.165) is 35.9 Å². The van der Waals surface area contributed by atoms with Gasteiger partial charge >= 0.3 is 0 Å². The summed E-state index contributed by atoms with van der Waals surface area (Å²) in [6.45, 7) is 0.122. The van der Waals surface area contributed by atoms with Crippen LogP contribution in [0.25, 0.3) is 10.2 Å². The van der Waals surface area contributed by atoms with E-state index in [1.165, 1.54) is 28.4 Å². The lowest BCUT2D eigenvalue weighted by atomic mass is 10.0. The van der Waals surface area contributed by atoms with Crippen LogP contribution in [0.4, 0.5) is 10.1 Å². The lowest BCUT2D eigenvalue weighted by Crippen LogP contribution is -2.57. The molecule has 1 aromatic heterocycles. The maximum atomic E-state index is 14.5. The Morgan fingerprint density at radius 3 is 2.73 bits per heavy atom. The molecule has 3 N–H and O–H groups in total. The molecule has 1 aliphatic carbocycles. The third-order valence-corrected chi connectivity index (χ3v) is 10.6. The zero-order valence-electron chi connectivity index (χ0n) is 28.2. The van der Waals surface area contributed by atoms with Gasteiger partial charge in [0.2, 0.25) is 11.8 Å². The molecular weight excluding hydrogens is 674 g/mol. The molecule has 3 aliphatic rings. The molecule has 5 atom stereocenters. The van der Waals surface area contributed by atoms with Crippen molar-refractivity contribution in [2.45, 2.75) is 68.7 Å². The predicted octanol–water partition coefficient (Wildman–Crippen LogP) is 5.78. The van der Waals surface area contributed by atoms with Gasteiger partial charge in [-0.05, 0) is 74.2 Å². The second kappa shape index (κ2) is 15.0. The molecule has 7 rings (SSSR count). The number of carbonyl (C=O) groups excluding carboxylic acids is 3. The smallest absolute Gasteiger partial charge is 0.278 e. The summed E-state index contributed by atoms with van der Waals surface area (Å²) in [4.78, 5) is 54.2. The number of fused-ring (bicyclic) bond motifs is 3. The Bertz CT molecular complexity index is 1920. The Hall–Kier alpha value is -5.17. The second-order valence-corrected chi connectivity index (χ2v) is 14.2. The fourth-order valence-electron chi connectivity index (χ4n) is 6.83. The van der Waals surface area contributed by atoms with Crippen molar-refractivity contribution >= 4 is 45.0 Å². The monoisotopic (exact) mass is 713 g/mol. The lowest BCUT2D eigenvalue weighted by molar-refractivity contribution is -0.141. The molecule has 0 radical (unpaired) electrons. The SMILES string of the molecule is COc1ccc2nc(O[C@@H]3C[C@H]4C(=O)N[C@]5(C(=O)NOc6ccccc6)C[C@@H]5/C=C\CCCCC[C@H](Nc5cccc(F)c5)C(=O)N4C3)sc2c1. The number of benzene rings is 3. The number of aromatic nitrogens is 1. The van der Waals surface area contributed by atoms with Crippen LogP contribution in [0.3, 0.4) is 0 Å². The van der Waals surface area contributed by atoms with Gasteiger partial charge in [0.25, 0.3) is 11.1 Å². The summed E-state index contributed by atoms with van der Waals surface area (Å²) in [7, 11) is 1.60. The number of para-hydroxylation sites is 1. The van der Waals surface area contributed by atoms with E-state index in [2.05, 4.69) is 27.2 Å². The minimum absolute atomic E-state index is 0.122. The summed E-state index contributed by atoms with van der Waals surface area (Å²) in [5.74, 6) is -0.751. The van der Waals surface area contributed by atoms with Gasteiger partial charge in [-0.1, -0.05) is 60.6 Å². The number of rotatable bonds is 8. The van der Waals surface area contributed by atoms with Crippen molar-refractivity contribution < 1.29 is 33.1 Å². The van der Waals surface area contributed by atoms with Crippen molar-refractivity contribution in [3.05, 3.63) is 90.8 Å². The third kappa shape index (κ3) is 7.78. The first-order valence-electron chi connectivity index (χ1n) is 17.3. The van der Waals surface area contributed by atoms with E-state index in [-0.39, 0.29) is 24.8 Å². The van der Waals surface area contributed by atoms with Gasteiger partial charge in [0.1, 0.15) is 35.3 Å². The zero-order valence-corrected chi connectivity index (χ0v) is 29.0. The van der Waals surface area contributed by atoms with E-state index >= 15 is 0 Å². The van der Waals surface area contributed by atoms with Gasteiger partial charge in [-0.25, -0.2) is 9.37 Å². The van der Waals surface area contributed by atoms with E-state index in [1.807, 2.05) is 30.3 Å². The molecule has 2 aliphatic heterocycles. The maximum Gasteiger partial charge on any atom is 0.278 e. The van der Waals surface area contributed by atoms with Gasteiger partial charge in [0.05, 0.1) is 23.9 Å². The first-order valence-corrected chi connectivity index (χ1v) is 18.1. The van der Waals surface area contributed by atoms with E-state index in [9.17, 15) is 18.8 Å². The molecule has 2 fully saturated rings. The Labute approximate surface area is 299 Å². The van der Waals surface area contributed by atoms with Crippen LogP contribution in [-0.2, 0) is 14.4 Å². The zero-order chi connectivity index (χ0) is 35.4. The number of thiazole rings is 1. The number of ether oxygens (including phenoxy) is 2. The van der Waals surface area contributed by atoms with Crippen LogP contribution in [0.2, 0.25) is 0 Å². The van der Waals surface area contributed by atoms with Crippen molar-refractivity contribution in [2.75, 3.05) is 19.0 Å². The number of hydroxylamine groups is 1. The number of hydrogen-bond donors (Lipinski definition) is 3. The van der Waals surface area contributed by atoms with Crippen molar-refractivity contribution in [2.24, 2.45) is 5.92 Å². The van der Waals surface area contributed by atoms with Crippen molar-refractivity contribution in [3.8, 4) is 16.7 Å². The van der Waals surface area contributed by atoms with Crippen molar-refractivity contribution in [1.82, 2.24) is 20.7 Å². The first-order chi connectivity index (χ1) is 24.8. The van der Waals surface area contributed by atoms with Gasteiger partial charge in [-0.15, -0.1) is 0 Å². The number of amides is 3. The van der Waals surface area contributed by atoms with E-state index in [1.54, 1.807) is 43.5 Å². The summed E-state index contributed by atoms with van der Waals surface area (Å²) in [6, 6.07) is 18.7. The minimum Gasteiger partial charge on any atom is -0.497 e. The molecule has 0 bridgehead atoms. The largest absolute Gasteiger partial charge is 0.497 e. The number of carbonyl (C=O) groups is 3. The van der Waals surface area contributed by atoms with Gasteiger partial charge in [-0.3, -0.25) is 14.4 Å². The highest BCUT2D eigenvalue weighted by molar-refractivity contribution is 7.20. The number of allylic oxidation sites excluding steroid dienone is 1. The number of hydrogen-bond acceptors (Lipinski definition) is 9. The van der Waals surface area contributed by atoms with E-state index in [0.29, 0.717) is 35.2 Å². The summed E-state index contributed by atoms with van der Waals surface area (Å²) < 4.78 is 26.8. The molecular formula is C38H40FN5O6S. The molecule has 3 heterocycles. The van der Waals surface area contributed by atoms with Crippen LogP contribution in [0.1, 0.15) is 44.9 Å². The number of anilines is 1. The van der Waals surface area contributed by atoms with Crippen LogP contribution >= 0.6 is 11.3 Å². The van der Waals surface area contributed by atoms with Gasteiger partial charge in [0, 0.05) is 18.0 Å². The topological polar surface area (TPSA) is 131 Å². The van der Waals surface area contributed by atoms with Crippen LogP contribution < -0.4 is 30.4 Å². The van der Waals surface area contributed by atoms with E-state index in [4.69, 9.17) is 14.3 Å². The normalized spacial score (nSPS) is 25.7. The quantitative estimate of drug-likeness (QED) is 0.155. The van der Waals surface area contributed by atoms with Crippen LogP contribution in [0.15, 0.2) is 84.9 Å². The molecule has 3 amide bonds. The highest BCUT2D eigenvalue weighted by Gasteiger charge is 2.61. The van der Waals surface area contributed by atoms with Gasteiger partial charge in [0.15, 0.2) is 5.75 Å². The second-order valence-electron chi connectivity index (χ2n) is 13.2. The van der Waals surface area contributed by atoms with Crippen LogP contribution in [-0.4, -0.2) is 65.0 Å². The molecule has 13 heteroatoms. The highest BCUT2D eigenvalue weighted by Crippen LogP contribution is 2.45. The predicted molar refractivity (Wildman–Crippen MR) is 191 cm³/mol. The number of methoxy groups -OCH3 is 1. The Kier molecular flexibility index (Phi) is 10.1. The molecule has 3 aromatic carbocycles. The fourth-order valence-corrected chi connectivity index (χ4v) is 7.74. The summed E-state index contributed by atoms with van der Waals surface area (Å²) in [6.07, 6.45) is 7.85. The molecule has 4 aromatic rings. The number of nitrogens with zero attached hydrogens (tertiary/aromatic N) is 2. The van der Waals surface area contributed by atoms with Gasteiger partial charge in [-0.2, -0.15) is 5.48 Å². The third-order valence-electron chi connectivity index (χ3n) is 9.66. The van der Waals surface area contributed by atoms with Crippen molar-refractivity contribution in [1.29, 1.82) is 0 Å². The molecule has 1 saturated carbocycles. The number of nitrogens with one attached hydrogen (secondary N) is 3. The lowest BCUT2D eigenvalue weighted by Gasteiger charge is -2.30. The van der Waals surface area contributed by atoms with E-state index < -0.39 is 41.4 Å². The Balaban J connectivity index is 1.16. The molecule has 1 saturated heterocycles. The summed E-state index contributed by atoms with van der Waals surface area (Å²) in [5, 5.41) is 6.68. The summed E-state index contributed by atoms with van der Waals surface area (Å²) >= 11 is 1.35. The average molecular weight is 714 g/mol. The molecule has 51 heavy (non-hydrogen) atoms. The maximum absolute atomic E-state index is 14.5. The van der Waals surface area contributed by atoms with Gasteiger partial charge < -0.3 is 29.8 Å². The Morgan fingerprint density at radius 2 is 1.90 bits per heavy atom. The fraction of sp³-hybridized carbons (Fsp3) is 0.368. The van der Waals surface area contributed by atoms with Crippen LogP contribution in [0, 0.1) is 11.7 Å². The molecule has 11 nitrogen and oxygen atoms in total.